The molecule has 0 radical (unpaired) electrons. The van der Waals surface area contributed by atoms with Crippen molar-refractivity contribution in [1.82, 2.24) is 5.32 Å². The van der Waals surface area contributed by atoms with E-state index in [9.17, 15) is 13.2 Å². The van der Waals surface area contributed by atoms with Gasteiger partial charge in [-0.1, -0.05) is 60.5 Å². The number of rotatable bonds is 7. The van der Waals surface area contributed by atoms with Crippen molar-refractivity contribution in [2.75, 3.05) is 4.72 Å². The van der Waals surface area contributed by atoms with Crippen molar-refractivity contribution >= 4 is 21.6 Å². The highest BCUT2D eigenvalue weighted by atomic mass is 32.2. The van der Waals surface area contributed by atoms with Crippen molar-refractivity contribution in [1.29, 1.82) is 0 Å². The summed E-state index contributed by atoms with van der Waals surface area (Å²) in [6.07, 6.45) is 0.723. The van der Waals surface area contributed by atoms with Crippen molar-refractivity contribution in [3.05, 3.63) is 94.5 Å². The van der Waals surface area contributed by atoms with Crippen LogP contribution in [0.1, 0.15) is 52.0 Å². The molecule has 0 unspecified atom stereocenters. The van der Waals surface area contributed by atoms with E-state index in [0.29, 0.717) is 16.8 Å². The van der Waals surface area contributed by atoms with Crippen LogP contribution in [-0.4, -0.2) is 14.3 Å². The molecule has 0 spiro atoms. The summed E-state index contributed by atoms with van der Waals surface area (Å²) in [7, 11) is -3.83. The molecule has 0 aromatic heterocycles. The first-order valence-electron chi connectivity index (χ1n) is 10.3. The Hall–Kier alpha value is -3.12. The van der Waals surface area contributed by atoms with Crippen LogP contribution in [0.5, 0.6) is 0 Å². The minimum absolute atomic E-state index is 0.0871. The van der Waals surface area contributed by atoms with E-state index in [0.717, 1.165) is 23.1 Å². The SMILES string of the molecule is CC[C@@H](NC(=O)c1ccc(C)c(S(=O)(=O)Nc2ccc(C)cc2)c1)c1ccc(C)cc1. The summed E-state index contributed by atoms with van der Waals surface area (Å²) in [5.41, 5.74) is 4.56. The minimum Gasteiger partial charge on any atom is -0.345 e. The van der Waals surface area contributed by atoms with E-state index < -0.39 is 10.0 Å². The molecule has 1 atom stereocenters. The zero-order valence-electron chi connectivity index (χ0n) is 18.3. The highest BCUT2D eigenvalue weighted by Crippen LogP contribution is 2.23. The van der Waals surface area contributed by atoms with Gasteiger partial charge in [-0.2, -0.15) is 0 Å². The average Bonchev–Trinajstić information content (AvgIpc) is 2.74. The lowest BCUT2D eigenvalue weighted by Crippen LogP contribution is -2.28. The number of sulfonamides is 1. The molecule has 3 aromatic carbocycles. The lowest BCUT2D eigenvalue weighted by atomic mass is 10.0. The third kappa shape index (κ3) is 5.52. The Morgan fingerprint density at radius 1 is 0.871 bits per heavy atom. The molecule has 3 rings (SSSR count). The molecular formula is C25H28N2O3S. The van der Waals surface area contributed by atoms with Crippen LogP contribution >= 0.6 is 0 Å². The third-order valence-corrected chi connectivity index (χ3v) is 6.76. The molecule has 0 aliphatic heterocycles. The summed E-state index contributed by atoms with van der Waals surface area (Å²) in [6, 6.07) is 19.7. The number of aryl methyl sites for hydroxylation is 3. The highest BCUT2D eigenvalue weighted by molar-refractivity contribution is 7.92. The molecule has 5 nitrogen and oxygen atoms in total. The zero-order valence-corrected chi connectivity index (χ0v) is 19.1. The van der Waals surface area contributed by atoms with Gasteiger partial charge in [0.2, 0.25) is 0 Å². The first-order chi connectivity index (χ1) is 14.7. The predicted octanol–water partition coefficient (Wildman–Crippen LogP) is 5.29. The molecule has 0 bridgehead atoms. The number of benzene rings is 3. The molecule has 3 aromatic rings. The second-order valence-electron chi connectivity index (χ2n) is 7.80. The van der Waals surface area contributed by atoms with E-state index in [1.165, 1.54) is 6.07 Å². The van der Waals surface area contributed by atoms with Crippen LogP contribution in [-0.2, 0) is 10.0 Å². The van der Waals surface area contributed by atoms with Crippen LogP contribution in [0.4, 0.5) is 5.69 Å². The number of carbonyl (C=O) groups is 1. The molecule has 0 aliphatic carbocycles. The number of amides is 1. The van der Waals surface area contributed by atoms with Gasteiger partial charge in [0.15, 0.2) is 0 Å². The van der Waals surface area contributed by atoms with Crippen LogP contribution in [0.2, 0.25) is 0 Å². The van der Waals surface area contributed by atoms with E-state index in [2.05, 4.69) is 10.0 Å². The maximum atomic E-state index is 13.0. The summed E-state index contributed by atoms with van der Waals surface area (Å²) >= 11 is 0. The first-order valence-corrected chi connectivity index (χ1v) is 11.8. The van der Waals surface area contributed by atoms with Crippen molar-refractivity contribution in [3.63, 3.8) is 0 Å². The summed E-state index contributed by atoms with van der Waals surface area (Å²) in [5.74, 6) is -0.306. The molecule has 0 saturated carbocycles. The van der Waals surface area contributed by atoms with E-state index >= 15 is 0 Å². The van der Waals surface area contributed by atoms with Gasteiger partial charge in [0.05, 0.1) is 10.9 Å². The van der Waals surface area contributed by atoms with E-state index in [1.54, 1.807) is 31.2 Å². The van der Waals surface area contributed by atoms with Gasteiger partial charge >= 0.3 is 0 Å². The van der Waals surface area contributed by atoms with Gasteiger partial charge in [-0.25, -0.2) is 8.42 Å². The molecule has 6 heteroatoms. The van der Waals surface area contributed by atoms with Gasteiger partial charge in [0, 0.05) is 11.3 Å². The zero-order chi connectivity index (χ0) is 22.6. The summed E-state index contributed by atoms with van der Waals surface area (Å²) in [6.45, 7) is 7.67. The normalized spacial score (nSPS) is 12.3. The fraction of sp³-hybridized carbons (Fsp3) is 0.240. The lowest BCUT2D eigenvalue weighted by molar-refractivity contribution is 0.0935. The van der Waals surface area contributed by atoms with Crippen LogP contribution in [0.25, 0.3) is 0 Å². The predicted molar refractivity (Wildman–Crippen MR) is 125 cm³/mol. The van der Waals surface area contributed by atoms with Crippen molar-refractivity contribution < 1.29 is 13.2 Å². The van der Waals surface area contributed by atoms with E-state index in [4.69, 9.17) is 0 Å². The van der Waals surface area contributed by atoms with Crippen LogP contribution in [0.15, 0.2) is 71.6 Å². The molecule has 162 valence electrons. The maximum absolute atomic E-state index is 13.0. The average molecular weight is 437 g/mol. The standard InChI is InChI=1S/C25H28N2O3S/c1-5-23(20-11-6-17(2)7-12-20)26-25(28)21-13-10-19(4)24(16-21)31(29,30)27-22-14-8-18(3)9-15-22/h6-16,23,27H,5H2,1-4H3,(H,26,28)/t23-/m1/s1. The summed E-state index contributed by atoms with van der Waals surface area (Å²) in [5, 5.41) is 3.02. The quantitative estimate of drug-likeness (QED) is 0.528. The molecule has 0 saturated heterocycles. The van der Waals surface area contributed by atoms with Crippen molar-refractivity contribution in [2.45, 2.75) is 45.1 Å². The Morgan fingerprint density at radius 3 is 2.03 bits per heavy atom. The number of carbonyl (C=O) groups excluding carboxylic acids is 1. The van der Waals surface area contributed by atoms with Gasteiger partial charge in [-0.05, 0) is 62.6 Å². The highest BCUT2D eigenvalue weighted by Gasteiger charge is 2.21. The van der Waals surface area contributed by atoms with Crippen LogP contribution in [0.3, 0.4) is 0 Å². The fourth-order valence-electron chi connectivity index (χ4n) is 3.32. The molecule has 31 heavy (non-hydrogen) atoms. The lowest BCUT2D eigenvalue weighted by Gasteiger charge is -2.18. The van der Waals surface area contributed by atoms with Gasteiger partial charge < -0.3 is 5.32 Å². The van der Waals surface area contributed by atoms with Crippen LogP contribution in [0, 0.1) is 20.8 Å². The first kappa shape index (κ1) is 22.6. The smallest absolute Gasteiger partial charge is 0.262 e. The molecule has 1 amide bonds. The Kier molecular flexibility index (Phi) is 6.81. The van der Waals surface area contributed by atoms with Crippen molar-refractivity contribution in [3.8, 4) is 0 Å². The number of hydrogen-bond donors (Lipinski definition) is 2. The third-order valence-electron chi connectivity index (χ3n) is 5.24. The summed E-state index contributed by atoms with van der Waals surface area (Å²) < 4.78 is 28.5. The van der Waals surface area contributed by atoms with Gasteiger partial charge in [-0.15, -0.1) is 0 Å². The number of hydrogen-bond acceptors (Lipinski definition) is 3. The molecule has 2 N–H and O–H groups in total. The Bertz CT molecular complexity index is 1170. The fourth-order valence-corrected chi connectivity index (χ4v) is 4.65. The Balaban J connectivity index is 1.84. The molecule has 0 heterocycles. The second kappa shape index (κ2) is 9.35. The number of nitrogens with one attached hydrogen (secondary N) is 2. The Labute approximate surface area is 184 Å². The molecular weight excluding hydrogens is 408 g/mol. The minimum atomic E-state index is -3.83. The van der Waals surface area contributed by atoms with Crippen molar-refractivity contribution in [2.24, 2.45) is 0 Å². The largest absolute Gasteiger partial charge is 0.345 e. The summed E-state index contributed by atoms with van der Waals surface area (Å²) in [4.78, 5) is 13.0. The van der Waals surface area contributed by atoms with Gasteiger partial charge in [-0.3, -0.25) is 9.52 Å². The Morgan fingerprint density at radius 2 is 1.45 bits per heavy atom. The number of anilines is 1. The topological polar surface area (TPSA) is 75.3 Å². The maximum Gasteiger partial charge on any atom is 0.262 e. The monoisotopic (exact) mass is 436 g/mol. The van der Waals surface area contributed by atoms with E-state index in [-0.39, 0.29) is 16.8 Å². The van der Waals surface area contributed by atoms with E-state index in [1.807, 2.05) is 57.2 Å². The second-order valence-corrected chi connectivity index (χ2v) is 9.45. The molecule has 0 fully saturated rings. The van der Waals surface area contributed by atoms with Crippen LogP contribution < -0.4 is 10.0 Å². The van der Waals surface area contributed by atoms with Gasteiger partial charge in [0.1, 0.15) is 0 Å². The molecule has 0 aliphatic rings. The van der Waals surface area contributed by atoms with Gasteiger partial charge in [0.25, 0.3) is 15.9 Å².